The van der Waals surface area contributed by atoms with E-state index in [0.717, 1.165) is 18.2 Å². The van der Waals surface area contributed by atoms with E-state index in [9.17, 15) is 14.7 Å². The van der Waals surface area contributed by atoms with Crippen LogP contribution in [0.25, 0.3) is 10.9 Å². The van der Waals surface area contributed by atoms with Crippen molar-refractivity contribution >= 4 is 22.8 Å². The maximum Gasteiger partial charge on any atom is 0.326 e. The minimum atomic E-state index is -0.984. The monoisotopic (exact) mass is 273 g/mol. The molecule has 2 N–H and O–H groups in total. The fourth-order valence-corrected chi connectivity index (χ4v) is 2.42. The lowest BCUT2D eigenvalue weighted by atomic mass is 10.1. The molecule has 1 unspecified atom stereocenters. The highest BCUT2D eigenvalue weighted by atomic mass is 16.4. The van der Waals surface area contributed by atoms with Gasteiger partial charge >= 0.3 is 5.97 Å². The number of para-hydroxylation sites is 1. The SMILES string of the molecule is CC(C(=O)O)N(C(=O)c1cccc2cn[nH]c12)C1CC1. The first-order valence-electron chi connectivity index (χ1n) is 6.57. The zero-order valence-corrected chi connectivity index (χ0v) is 11.0. The molecular formula is C14H15N3O3. The molecule has 0 radical (unpaired) electrons. The average molecular weight is 273 g/mol. The van der Waals surface area contributed by atoms with E-state index in [2.05, 4.69) is 10.2 Å². The van der Waals surface area contributed by atoms with Crippen LogP contribution in [0.5, 0.6) is 0 Å². The van der Waals surface area contributed by atoms with Gasteiger partial charge in [-0.1, -0.05) is 12.1 Å². The van der Waals surface area contributed by atoms with Crippen LogP contribution in [0.4, 0.5) is 0 Å². The molecule has 1 aromatic carbocycles. The van der Waals surface area contributed by atoms with E-state index in [1.54, 1.807) is 25.3 Å². The highest BCUT2D eigenvalue weighted by molar-refractivity contribution is 6.06. The molecule has 3 rings (SSSR count). The van der Waals surface area contributed by atoms with Crippen molar-refractivity contribution in [2.24, 2.45) is 0 Å². The predicted molar refractivity (Wildman–Crippen MR) is 72.4 cm³/mol. The Bertz CT molecular complexity index is 675. The number of aromatic amines is 1. The molecule has 20 heavy (non-hydrogen) atoms. The number of nitrogens with one attached hydrogen (secondary N) is 1. The maximum absolute atomic E-state index is 12.7. The third kappa shape index (κ3) is 2.03. The van der Waals surface area contributed by atoms with Crippen molar-refractivity contribution in [1.82, 2.24) is 15.1 Å². The van der Waals surface area contributed by atoms with Gasteiger partial charge in [0.05, 0.1) is 17.3 Å². The second-order valence-corrected chi connectivity index (χ2v) is 5.10. The third-order valence-corrected chi connectivity index (χ3v) is 3.66. The standard InChI is InChI=1S/C14H15N3O3/c1-8(14(19)20)17(10-5-6-10)13(18)11-4-2-3-9-7-15-16-12(9)11/h2-4,7-8,10H,5-6H2,1H3,(H,15,16)(H,19,20). The van der Waals surface area contributed by atoms with Crippen LogP contribution in [0, 0.1) is 0 Å². The van der Waals surface area contributed by atoms with Gasteiger partial charge in [-0.25, -0.2) is 4.79 Å². The van der Waals surface area contributed by atoms with Gasteiger partial charge in [0.2, 0.25) is 0 Å². The van der Waals surface area contributed by atoms with E-state index in [-0.39, 0.29) is 11.9 Å². The van der Waals surface area contributed by atoms with Crippen molar-refractivity contribution in [3.63, 3.8) is 0 Å². The zero-order valence-electron chi connectivity index (χ0n) is 11.0. The van der Waals surface area contributed by atoms with Crippen LogP contribution in [-0.4, -0.2) is 44.2 Å². The summed E-state index contributed by atoms with van der Waals surface area (Å²) in [6, 6.07) is 4.55. The van der Waals surface area contributed by atoms with Gasteiger partial charge in [-0.3, -0.25) is 9.89 Å². The molecule has 0 saturated heterocycles. The number of H-pyrrole nitrogens is 1. The zero-order chi connectivity index (χ0) is 14.3. The number of hydrogen-bond acceptors (Lipinski definition) is 3. The number of carboxylic acid groups (broad SMARTS) is 1. The number of carbonyl (C=O) groups is 2. The Kier molecular flexibility index (Phi) is 2.93. The Hall–Kier alpha value is -2.37. The molecule has 1 saturated carbocycles. The lowest BCUT2D eigenvalue weighted by Gasteiger charge is -2.26. The predicted octanol–water partition coefficient (Wildman–Crippen LogP) is 1.64. The summed E-state index contributed by atoms with van der Waals surface area (Å²) in [5.41, 5.74) is 1.13. The molecule has 1 amide bonds. The number of fused-ring (bicyclic) bond motifs is 1. The number of aromatic nitrogens is 2. The Labute approximate surface area is 115 Å². The average Bonchev–Trinajstić information content (AvgIpc) is 3.14. The molecule has 1 aliphatic carbocycles. The summed E-state index contributed by atoms with van der Waals surface area (Å²) in [5.74, 6) is -1.24. The van der Waals surface area contributed by atoms with Gasteiger partial charge in [-0.05, 0) is 25.8 Å². The van der Waals surface area contributed by atoms with Gasteiger partial charge in [0, 0.05) is 11.4 Å². The van der Waals surface area contributed by atoms with E-state index >= 15 is 0 Å². The molecule has 2 aromatic rings. The summed E-state index contributed by atoms with van der Waals surface area (Å²) in [7, 11) is 0. The van der Waals surface area contributed by atoms with E-state index < -0.39 is 12.0 Å². The van der Waals surface area contributed by atoms with E-state index in [1.165, 1.54) is 4.90 Å². The molecule has 6 nitrogen and oxygen atoms in total. The van der Waals surface area contributed by atoms with E-state index in [4.69, 9.17) is 0 Å². The van der Waals surface area contributed by atoms with Crippen molar-refractivity contribution in [1.29, 1.82) is 0 Å². The smallest absolute Gasteiger partial charge is 0.326 e. The number of carbonyl (C=O) groups excluding carboxylic acids is 1. The van der Waals surface area contributed by atoms with Crippen molar-refractivity contribution in [2.45, 2.75) is 31.8 Å². The molecule has 1 aliphatic rings. The molecule has 1 aromatic heterocycles. The van der Waals surface area contributed by atoms with Crippen molar-refractivity contribution < 1.29 is 14.7 Å². The van der Waals surface area contributed by atoms with Gasteiger partial charge in [0.1, 0.15) is 6.04 Å². The van der Waals surface area contributed by atoms with Crippen LogP contribution < -0.4 is 0 Å². The Morgan fingerprint density at radius 3 is 2.85 bits per heavy atom. The van der Waals surface area contributed by atoms with Crippen molar-refractivity contribution in [3.8, 4) is 0 Å². The summed E-state index contributed by atoms with van der Waals surface area (Å²) < 4.78 is 0. The van der Waals surface area contributed by atoms with Gasteiger partial charge in [-0.2, -0.15) is 5.10 Å². The number of aliphatic carboxylic acids is 1. The molecule has 104 valence electrons. The summed E-state index contributed by atoms with van der Waals surface area (Å²) in [4.78, 5) is 25.4. The molecule has 0 bridgehead atoms. The topological polar surface area (TPSA) is 86.3 Å². The first kappa shape index (κ1) is 12.7. The first-order chi connectivity index (χ1) is 9.59. The number of amides is 1. The Balaban J connectivity index is 2.01. The number of carboxylic acids is 1. The highest BCUT2D eigenvalue weighted by Gasteiger charge is 2.39. The quantitative estimate of drug-likeness (QED) is 0.886. The molecule has 1 heterocycles. The number of rotatable bonds is 4. The van der Waals surface area contributed by atoms with Crippen molar-refractivity contribution in [2.75, 3.05) is 0 Å². The Morgan fingerprint density at radius 2 is 2.20 bits per heavy atom. The first-order valence-corrected chi connectivity index (χ1v) is 6.57. The van der Waals surface area contributed by atoms with Crippen molar-refractivity contribution in [3.05, 3.63) is 30.0 Å². The minimum absolute atomic E-state index is 0.0341. The number of benzene rings is 1. The van der Waals surface area contributed by atoms with Crippen LogP contribution in [-0.2, 0) is 4.79 Å². The fraction of sp³-hybridized carbons (Fsp3) is 0.357. The van der Waals surface area contributed by atoms with Crippen LogP contribution in [0.2, 0.25) is 0 Å². The van der Waals surface area contributed by atoms with E-state index in [0.29, 0.717) is 11.1 Å². The second kappa shape index (κ2) is 4.63. The Morgan fingerprint density at radius 1 is 1.45 bits per heavy atom. The summed E-state index contributed by atoms with van der Waals surface area (Å²) >= 11 is 0. The molecule has 6 heteroatoms. The summed E-state index contributed by atoms with van der Waals surface area (Å²) in [5, 5.41) is 16.8. The summed E-state index contributed by atoms with van der Waals surface area (Å²) in [6.45, 7) is 1.55. The number of hydrogen-bond donors (Lipinski definition) is 2. The minimum Gasteiger partial charge on any atom is -0.480 e. The molecule has 0 aliphatic heterocycles. The van der Waals surface area contributed by atoms with E-state index in [1.807, 2.05) is 6.07 Å². The van der Waals surface area contributed by atoms with Crippen LogP contribution in [0.15, 0.2) is 24.4 Å². The number of nitrogens with zero attached hydrogens (tertiary/aromatic N) is 2. The largest absolute Gasteiger partial charge is 0.480 e. The third-order valence-electron chi connectivity index (χ3n) is 3.66. The van der Waals surface area contributed by atoms with Gasteiger partial charge in [0.15, 0.2) is 0 Å². The molecular weight excluding hydrogens is 258 g/mol. The molecule has 1 fully saturated rings. The lowest BCUT2D eigenvalue weighted by Crippen LogP contribution is -2.44. The fourth-order valence-electron chi connectivity index (χ4n) is 2.42. The summed E-state index contributed by atoms with van der Waals surface area (Å²) in [6.07, 6.45) is 3.37. The lowest BCUT2D eigenvalue weighted by molar-refractivity contribution is -0.141. The highest BCUT2D eigenvalue weighted by Crippen LogP contribution is 2.31. The van der Waals surface area contributed by atoms with Crippen LogP contribution >= 0.6 is 0 Å². The molecule has 0 spiro atoms. The van der Waals surface area contributed by atoms with Gasteiger partial charge in [-0.15, -0.1) is 0 Å². The van der Waals surface area contributed by atoms with Gasteiger partial charge in [0.25, 0.3) is 5.91 Å². The van der Waals surface area contributed by atoms with Gasteiger partial charge < -0.3 is 10.0 Å². The molecule has 1 atom stereocenters. The van der Waals surface area contributed by atoms with Crippen LogP contribution in [0.3, 0.4) is 0 Å². The second-order valence-electron chi connectivity index (χ2n) is 5.10. The maximum atomic E-state index is 12.7. The van der Waals surface area contributed by atoms with Crippen LogP contribution in [0.1, 0.15) is 30.1 Å². The normalized spacial score (nSPS) is 16.1.